The molecule has 2 heterocycles. The zero-order valence-corrected chi connectivity index (χ0v) is 14.8. The lowest BCUT2D eigenvalue weighted by Crippen LogP contribution is -2.55. The molecule has 0 bridgehead atoms. The van der Waals surface area contributed by atoms with E-state index in [4.69, 9.17) is 9.47 Å². The number of fused-ring (bicyclic) bond motifs is 1. The van der Waals surface area contributed by atoms with Crippen LogP contribution < -0.4 is 0 Å². The van der Waals surface area contributed by atoms with Crippen molar-refractivity contribution in [1.82, 2.24) is 9.88 Å². The number of aryl methyl sites for hydroxylation is 1. The Morgan fingerprint density at radius 3 is 2.96 bits per heavy atom. The number of aromatic nitrogens is 1. The molecule has 1 amide bonds. The van der Waals surface area contributed by atoms with Crippen molar-refractivity contribution in [2.45, 2.75) is 57.5 Å². The van der Waals surface area contributed by atoms with Gasteiger partial charge in [-0.2, -0.15) is 0 Å². The largest absolute Gasteiger partial charge is 0.372 e. The summed E-state index contributed by atoms with van der Waals surface area (Å²) in [5, 5.41) is 0. The van der Waals surface area contributed by atoms with Crippen LogP contribution in [0, 0.1) is 12.8 Å². The maximum atomic E-state index is 12.8. The maximum absolute atomic E-state index is 12.8. The number of allylic oxidation sites excluding steroid dienone is 2. The van der Waals surface area contributed by atoms with Crippen LogP contribution in [0.25, 0.3) is 0 Å². The van der Waals surface area contributed by atoms with E-state index in [0.29, 0.717) is 25.7 Å². The second-order valence-electron chi connectivity index (χ2n) is 7.27. The van der Waals surface area contributed by atoms with E-state index < -0.39 is 0 Å². The van der Waals surface area contributed by atoms with E-state index in [0.717, 1.165) is 37.1 Å². The predicted molar refractivity (Wildman–Crippen MR) is 93.9 cm³/mol. The average Bonchev–Trinajstić information content (AvgIpc) is 3.29. The minimum absolute atomic E-state index is 0.00290. The number of rotatable bonds is 4. The van der Waals surface area contributed by atoms with Gasteiger partial charge in [-0.15, -0.1) is 0 Å². The Hall–Kier alpha value is -1.72. The molecule has 3 atom stereocenters. The van der Waals surface area contributed by atoms with Crippen molar-refractivity contribution < 1.29 is 14.3 Å². The van der Waals surface area contributed by atoms with E-state index in [9.17, 15) is 4.79 Å². The van der Waals surface area contributed by atoms with Gasteiger partial charge in [-0.1, -0.05) is 18.2 Å². The number of morpholine rings is 1. The highest BCUT2D eigenvalue weighted by Gasteiger charge is 2.46. The number of hydrogen-bond donors (Lipinski definition) is 0. The molecule has 0 N–H and O–H groups in total. The first-order chi connectivity index (χ1) is 12.2. The first-order valence-electron chi connectivity index (χ1n) is 9.33. The summed E-state index contributed by atoms with van der Waals surface area (Å²) in [6.45, 7) is 3.80. The normalized spacial score (nSPS) is 29.2. The van der Waals surface area contributed by atoms with E-state index in [1.54, 1.807) is 0 Å². The lowest BCUT2D eigenvalue weighted by atomic mass is 10.0. The van der Waals surface area contributed by atoms with Gasteiger partial charge in [0.05, 0.1) is 31.1 Å². The highest BCUT2D eigenvalue weighted by atomic mass is 16.5. The van der Waals surface area contributed by atoms with Crippen LogP contribution in [0.2, 0.25) is 0 Å². The third kappa shape index (κ3) is 3.48. The summed E-state index contributed by atoms with van der Waals surface area (Å²) in [4.78, 5) is 19.4. The third-order valence-electron chi connectivity index (χ3n) is 5.57. The quantitative estimate of drug-likeness (QED) is 0.790. The number of amides is 1. The van der Waals surface area contributed by atoms with Gasteiger partial charge in [-0.25, -0.2) is 0 Å². The van der Waals surface area contributed by atoms with Gasteiger partial charge in [0.1, 0.15) is 6.10 Å². The van der Waals surface area contributed by atoms with Crippen LogP contribution in [0.3, 0.4) is 0 Å². The van der Waals surface area contributed by atoms with E-state index >= 15 is 0 Å². The second kappa shape index (κ2) is 7.26. The van der Waals surface area contributed by atoms with E-state index in [2.05, 4.69) is 22.0 Å². The van der Waals surface area contributed by atoms with Gasteiger partial charge in [0.2, 0.25) is 5.91 Å². The Kier molecular flexibility index (Phi) is 4.86. The van der Waals surface area contributed by atoms with Crippen LogP contribution in [-0.4, -0.2) is 47.2 Å². The Labute approximate surface area is 149 Å². The van der Waals surface area contributed by atoms with Crippen LogP contribution in [0.1, 0.15) is 37.1 Å². The number of ether oxygens (including phenoxy) is 2. The Balaban J connectivity index is 1.38. The van der Waals surface area contributed by atoms with E-state index in [1.807, 2.05) is 25.1 Å². The van der Waals surface area contributed by atoms with E-state index in [-0.39, 0.29) is 24.2 Å². The van der Waals surface area contributed by atoms with Crippen molar-refractivity contribution in [3.8, 4) is 0 Å². The Bertz CT molecular complexity index is 652. The fourth-order valence-electron chi connectivity index (χ4n) is 4.29. The summed E-state index contributed by atoms with van der Waals surface area (Å²) in [6, 6.07) is 6.15. The number of carbonyl (C=O) groups excluding carboxylic acids is 1. The average molecular weight is 342 g/mol. The summed E-state index contributed by atoms with van der Waals surface area (Å²) >= 11 is 0. The summed E-state index contributed by atoms with van der Waals surface area (Å²) in [7, 11) is 0. The van der Waals surface area contributed by atoms with Gasteiger partial charge in [0.15, 0.2) is 0 Å². The SMILES string of the molecule is Cc1cccc(CO[C@@H]2CC[C@H]3[C@H]2OCCN3C(=O)C2CC=CC2)n1. The molecule has 1 saturated heterocycles. The number of nitrogens with zero attached hydrogens (tertiary/aromatic N) is 2. The number of carbonyl (C=O) groups is 1. The molecule has 2 fully saturated rings. The van der Waals surface area contributed by atoms with Crippen molar-refractivity contribution in [3.63, 3.8) is 0 Å². The molecule has 1 saturated carbocycles. The molecule has 25 heavy (non-hydrogen) atoms. The molecule has 1 aromatic rings. The van der Waals surface area contributed by atoms with Crippen molar-refractivity contribution in [3.05, 3.63) is 41.7 Å². The Morgan fingerprint density at radius 2 is 2.16 bits per heavy atom. The van der Waals surface area contributed by atoms with Gasteiger partial charge in [0.25, 0.3) is 0 Å². The van der Waals surface area contributed by atoms with Crippen molar-refractivity contribution >= 4 is 5.91 Å². The Morgan fingerprint density at radius 1 is 1.32 bits per heavy atom. The standard InChI is InChI=1S/C20H26N2O3/c1-14-5-4-8-16(21-14)13-25-18-10-9-17-19(18)24-12-11-22(17)20(23)15-6-2-3-7-15/h2-5,8,15,17-19H,6-7,9-13H2,1H3/t17-,18+,19+/m0/s1. The molecule has 2 aliphatic carbocycles. The van der Waals surface area contributed by atoms with Gasteiger partial charge >= 0.3 is 0 Å². The van der Waals surface area contributed by atoms with Crippen LogP contribution in [-0.2, 0) is 20.9 Å². The zero-order valence-electron chi connectivity index (χ0n) is 14.8. The molecule has 5 heteroatoms. The lowest BCUT2D eigenvalue weighted by Gasteiger charge is -2.40. The fourth-order valence-corrected chi connectivity index (χ4v) is 4.29. The van der Waals surface area contributed by atoms with Crippen LogP contribution in [0.5, 0.6) is 0 Å². The molecular weight excluding hydrogens is 316 g/mol. The van der Waals surface area contributed by atoms with Gasteiger partial charge < -0.3 is 14.4 Å². The molecule has 0 spiro atoms. The molecule has 1 aliphatic heterocycles. The first-order valence-corrected chi connectivity index (χ1v) is 9.33. The molecule has 5 nitrogen and oxygen atoms in total. The fraction of sp³-hybridized carbons (Fsp3) is 0.600. The minimum atomic E-state index is -0.00290. The van der Waals surface area contributed by atoms with Gasteiger partial charge in [0, 0.05) is 18.2 Å². The van der Waals surface area contributed by atoms with Gasteiger partial charge in [-0.3, -0.25) is 9.78 Å². The van der Waals surface area contributed by atoms with Crippen LogP contribution >= 0.6 is 0 Å². The predicted octanol–water partition coefficient (Wildman–Crippen LogP) is 2.63. The van der Waals surface area contributed by atoms with Crippen LogP contribution in [0.4, 0.5) is 0 Å². The molecule has 1 aromatic heterocycles. The highest BCUT2D eigenvalue weighted by Crippen LogP contribution is 2.34. The van der Waals surface area contributed by atoms with E-state index in [1.165, 1.54) is 0 Å². The summed E-state index contributed by atoms with van der Waals surface area (Å²) in [5.41, 5.74) is 1.95. The number of pyridine rings is 1. The first kappa shape index (κ1) is 16.7. The summed E-state index contributed by atoms with van der Waals surface area (Å²) in [5.74, 6) is 0.430. The topological polar surface area (TPSA) is 51.7 Å². The smallest absolute Gasteiger partial charge is 0.226 e. The number of hydrogen-bond acceptors (Lipinski definition) is 4. The molecule has 4 rings (SSSR count). The highest BCUT2D eigenvalue weighted by molar-refractivity contribution is 5.80. The molecular formula is C20H26N2O3. The summed E-state index contributed by atoms with van der Waals surface area (Å²) in [6.07, 6.45) is 7.95. The monoisotopic (exact) mass is 342 g/mol. The third-order valence-corrected chi connectivity index (χ3v) is 5.57. The zero-order chi connectivity index (χ0) is 17.2. The molecule has 134 valence electrons. The van der Waals surface area contributed by atoms with Crippen LogP contribution in [0.15, 0.2) is 30.4 Å². The van der Waals surface area contributed by atoms with Crippen molar-refractivity contribution in [2.24, 2.45) is 5.92 Å². The van der Waals surface area contributed by atoms with Gasteiger partial charge in [-0.05, 0) is 44.7 Å². The molecule has 0 radical (unpaired) electrons. The van der Waals surface area contributed by atoms with Crippen molar-refractivity contribution in [2.75, 3.05) is 13.2 Å². The second-order valence-corrected chi connectivity index (χ2v) is 7.27. The van der Waals surface area contributed by atoms with Crippen molar-refractivity contribution in [1.29, 1.82) is 0 Å². The summed E-state index contributed by atoms with van der Waals surface area (Å²) < 4.78 is 12.1. The molecule has 0 aromatic carbocycles. The molecule has 3 aliphatic rings. The molecule has 0 unspecified atom stereocenters. The lowest BCUT2D eigenvalue weighted by molar-refractivity contribution is -0.155. The minimum Gasteiger partial charge on any atom is -0.372 e. The maximum Gasteiger partial charge on any atom is 0.226 e.